The van der Waals surface area contributed by atoms with E-state index >= 15 is 0 Å². The highest BCUT2D eigenvalue weighted by molar-refractivity contribution is 5.69. The Bertz CT molecular complexity index is 164. The molecule has 88 valence electrons. The van der Waals surface area contributed by atoms with Crippen LogP contribution in [0.5, 0.6) is 0 Å². The van der Waals surface area contributed by atoms with E-state index in [0.29, 0.717) is 13.0 Å². The molecule has 0 aliphatic rings. The number of allylic oxidation sites excluding steroid dienone is 1. The van der Waals surface area contributed by atoms with Crippen molar-refractivity contribution >= 4 is 5.97 Å². The Hall–Kier alpha value is -0.790. The van der Waals surface area contributed by atoms with Gasteiger partial charge in [0.25, 0.3) is 0 Å². The zero-order valence-electron chi connectivity index (χ0n) is 9.96. The minimum absolute atomic E-state index is 0.0389. The molecule has 2 nitrogen and oxygen atoms in total. The molecular formula is C13H24O2. The van der Waals surface area contributed by atoms with Crippen molar-refractivity contribution in [3.63, 3.8) is 0 Å². The summed E-state index contributed by atoms with van der Waals surface area (Å²) in [5.41, 5.74) is 0. The minimum atomic E-state index is -0.0389. The van der Waals surface area contributed by atoms with E-state index in [0.717, 1.165) is 32.1 Å². The second-order valence-corrected chi connectivity index (χ2v) is 3.82. The van der Waals surface area contributed by atoms with Crippen LogP contribution in [0.4, 0.5) is 0 Å². The Balaban J connectivity index is 3.09. The Morgan fingerprint density at radius 3 is 2.60 bits per heavy atom. The maximum atomic E-state index is 11.1. The molecule has 0 aromatic rings. The Kier molecular flexibility index (Phi) is 10.7. The number of unbranched alkanes of at least 4 members (excludes halogenated alkanes) is 5. The lowest BCUT2D eigenvalue weighted by atomic mass is 10.1. The number of esters is 1. The zero-order valence-corrected chi connectivity index (χ0v) is 9.96. The number of carbonyl (C=O) groups is 1. The van der Waals surface area contributed by atoms with Gasteiger partial charge in [0, 0.05) is 6.42 Å². The summed E-state index contributed by atoms with van der Waals surface area (Å²) in [6.07, 6.45) is 10.2. The van der Waals surface area contributed by atoms with E-state index in [1.165, 1.54) is 12.8 Å². The summed E-state index contributed by atoms with van der Waals surface area (Å²) in [5.74, 6) is -0.0389. The first-order valence-corrected chi connectivity index (χ1v) is 6.07. The quantitative estimate of drug-likeness (QED) is 0.312. The Labute approximate surface area is 93.7 Å². The van der Waals surface area contributed by atoms with Gasteiger partial charge in [0.05, 0.1) is 6.61 Å². The van der Waals surface area contributed by atoms with Crippen LogP contribution < -0.4 is 0 Å². The number of ether oxygens (including phenoxy) is 1. The van der Waals surface area contributed by atoms with Crippen LogP contribution in [0.3, 0.4) is 0 Å². The number of rotatable bonds is 10. The molecule has 0 N–H and O–H groups in total. The third-order valence-corrected chi connectivity index (χ3v) is 2.30. The third-order valence-electron chi connectivity index (χ3n) is 2.30. The van der Waals surface area contributed by atoms with E-state index in [1.807, 2.05) is 6.08 Å². The van der Waals surface area contributed by atoms with Crippen molar-refractivity contribution in [3.8, 4) is 0 Å². The highest BCUT2D eigenvalue weighted by atomic mass is 16.5. The van der Waals surface area contributed by atoms with Crippen LogP contribution in [0.1, 0.15) is 58.3 Å². The lowest BCUT2D eigenvalue weighted by molar-refractivity contribution is -0.143. The van der Waals surface area contributed by atoms with Gasteiger partial charge >= 0.3 is 5.97 Å². The predicted octanol–water partition coefficient (Wildman–Crippen LogP) is 3.86. The van der Waals surface area contributed by atoms with Gasteiger partial charge in [0.15, 0.2) is 0 Å². The maximum Gasteiger partial charge on any atom is 0.305 e. The standard InChI is InChI=1S/C13H24O2/c1-3-5-7-8-9-10-12-15-13(14)11-6-4-2/h3H,1,4-12H2,2H3. The highest BCUT2D eigenvalue weighted by Gasteiger charge is 2.00. The van der Waals surface area contributed by atoms with Crippen molar-refractivity contribution in [1.29, 1.82) is 0 Å². The summed E-state index contributed by atoms with van der Waals surface area (Å²) in [6, 6.07) is 0. The molecule has 0 heterocycles. The molecular weight excluding hydrogens is 188 g/mol. The summed E-state index contributed by atoms with van der Waals surface area (Å²) >= 11 is 0. The lowest BCUT2D eigenvalue weighted by Crippen LogP contribution is -2.05. The summed E-state index contributed by atoms with van der Waals surface area (Å²) in [6.45, 7) is 6.35. The molecule has 0 unspecified atom stereocenters. The topological polar surface area (TPSA) is 26.3 Å². The fourth-order valence-electron chi connectivity index (χ4n) is 1.32. The summed E-state index contributed by atoms with van der Waals surface area (Å²) in [5, 5.41) is 0. The molecule has 0 radical (unpaired) electrons. The molecule has 0 amide bonds. The van der Waals surface area contributed by atoms with Crippen LogP contribution in [0.15, 0.2) is 12.7 Å². The first-order valence-electron chi connectivity index (χ1n) is 6.07. The fraction of sp³-hybridized carbons (Fsp3) is 0.769. The molecule has 0 spiro atoms. The monoisotopic (exact) mass is 212 g/mol. The Morgan fingerprint density at radius 1 is 1.20 bits per heavy atom. The SMILES string of the molecule is C=CCCCCCCOC(=O)CCCC. The zero-order chi connectivity index (χ0) is 11.4. The first kappa shape index (κ1) is 14.2. The van der Waals surface area contributed by atoms with Gasteiger partial charge in [-0.2, -0.15) is 0 Å². The van der Waals surface area contributed by atoms with Crippen LogP contribution in [0.2, 0.25) is 0 Å². The van der Waals surface area contributed by atoms with Crippen LogP contribution in [-0.4, -0.2) is 12.6 Å². The summed E-state index contributed by atoms with van der Waals surface area (Å²) < 4.78 is 5.09. The average Bonchev–Trinajstić information content (AvgIpc) is 2.25. The Morgan fingerprint density at radius 2 is 1.93 bits per heavy atom. The molecule has 0 aromatic heterocycles. The van der Waals surface area contributed by atoms with E-state index in [4.69, 9.17) is 4.74 Å². The van der Waals surface area contributed by atoms with Crippen LogP contribution in [0.25, 0.3) is 0 Å². The van der Waals surface area contributed by atoms with E-state index in [9.17, 15) is 4.79 Å². The number of hydrogen-bond acceptors (Lipinski definition) is 2. The largest absolute Gasteiger partial charge is 0.466 e. The van der Waals surface area contributed by atoms with Gasteiger partial charge in [-0.3, -0.25) is 4.79 Å². The fourth-order valence-corrected chi connectivity index (χ4v) is 1.32. The molecule has 0 atom stereocenters. The van der Waals surface area contributed by atoms with Gasteiger partial charge in [-0.1, -0.05) is 32.3 Å². The predicted molar refractivity (Wildman–Crippen MR) is 63.8 cm³/mol. The molecule has 0 bridgehead atoms. The van der Waals surface area contributed by atoms with Crippen molar-refractivity contribution in [2.75, 3.05) is 6.61 Å². The van der Waals surface area contributed by atoms with Crippen molar-refractivity contribution in [1.82, 2.24) is 0 Å². The molecule has 0 saturated carbocycles. The maximum absolute atomic E-state index is 11.1. The van der Waals surface area contributed by atoms with Crippen LogP contribution in [-0.2, 0) is 9.53 Å². The minimum Gasteiger partial charge on any atom is -0.466 e. The summed E-state index contributed by atoms with van der Waals surface area (Å²) in [4.78, 5) is 11.1. The van der Waals surface area contributed by atoms with Crippen LogP contribution in [0, 0.1) is 0 Å². The van der Waals surface area contributed by atoms with Gasteiger partial charge in [-0.25, -0.2) is 0 Å². The van der Waals surface area contributed by atoms with Gasteiger partial charge in [-0.15, -0.1) is 6.58 Å². The summed E-state index contributed by atoms with van der Waals surface area (Å²) in [7, 11) is 0. The first-order chi connectivity index (χ1) is 7.31. The highest BCUT2D eigenvalue weighted by Crippen LogP contribution is 2.04. The molecule has 0 fully saturated rings. The van der Waals surface area contributed by atoms with Crippen molar-refractivity contribution in [2.45, 2.75) is 58.3 Å². The second kappa shape index (κ2) is 11.3. The molecule has 0 saturated heterocycles. The molecule has 15 heavy (non-hydrogen) atoms. The number of hydrogen-bond donors (Lipinski definition) is 0. The number of carbonyl (C=O) groups excluding carboxylic acids is 1. The van der Waals surface area contributed by atoms with E-state index in [-0.39, 0.29) is 5.97 Å². The van der Waals surface area contributed by atoms with Crippen molar-refractivity contribution in [2.24, 2.45) is 0 Å². The van der Waals surface area contributed by atoms with E-state index in [2.05, 4.69) is 13.5 Å². The van der Waals surface area contributed by atoms with Gasteiger partial charge in [0.2, 0.25) is 0 Å². The van der Waals surface area contributed by atoms with Crippen molar-refractivity contribution < 1.29 is 9.53 Å². The van der Waals surface area contributed by atoms with E-state index in [1.54, 1.807) is 0 Å². The molecule has 2 heteroatoms. The van der Waals surface area contributed by atoms with Gasteiger partial charge in [0.1, 0.15) is 0 Å². The normalized spacial score (nSPS) is 9.93. The second-order valence-electron chi connectivity index (χ2n) is 3.82. The molecule has 0 aromatic carbocycles. The lowest BCUT2D eigenvalue weighted by Gasteiger charge is -2.03. The van der Waals surface area contributed by atoms with Gasteiger partial charge in [-0.05, 0) is 25.7 Å². The van der Waals surface area contributed by atoms with E-state index < -0.39 is 0 Å². The van der Waals surface area contributed by atoms with Gasteiger partial charge < -0.3 is 4.74 Å². The molecule has 0 aliphatic heterocycles. The van der Waals surface area contributed by atoms with Crippen molar-refractivity contribution in [3.05, 3.63) is 12.7 Å². The van der Waals surface area contributed by atoms with Crippen LogP contribution >= 0.6 is 0 Å². The average molecular weight is 212 g/mol. The smallest absolute Gasteiger partial charge is 0.305 e. The molecule has 0 rings (SSSR count). The molecule has 0 aliphatic carbocycles. The third kappa shape index (κ3) is 11.1.